The highest BCUT2D eigenvalue weighted by molar-refractivity contribution is 5.22. The van der Waals surface area contributed by atoms with Crippen molar-refractivity contribution in [2.75, 3.05) is 6.54 Å². The maximum Gasteiger partial charge on any atom is 0.123 e. The van der Waals surface area contributed by atoms with Crippen molar-refractivity contribution < 1.29 is 4.39 Å². The molecule has 1 fully saturated rings. The molecule has 0 radical (unpaired) electrons. The molecule has 0 heterocycles. The van der Waals surface area contributed by atoms with E-state index >= 15 is 0 Å². The van der Waals surface area contributed by atoms with Crippen LogP contribution in [0.1, 0.15) is 51.1 Å². The van der Waals surface area contributed by atoms with Gasteiger partial charge in [0.1, 0.15) is 5.82 Å². The van der Waals surface area contributed by atoms with Crippen LogP contribution in [-0.4, -0.2) is 23.5 Å². The zero-order valence-electron chi connectivity index (χ0n) is 12.0. The van der Waals surface area contributed by atoms with E-state index < -0.39 is 0 Å². The summed E-state index contributed by atoms with van der Waals surface area (Å²) in [6, 6.07) is 7.87. The molecule has 1 aliphatic rings. The van der Waals surface area contributed by atoms with Gasteiger partial charge in [-0.15, -0.1) is 0 Å². The van der Waals surface area contributed by atoms with Gasteiger partial charge in [-0.2, -0.15) is 0 Å². The van der Waals surface area contributed by atoms with Gasteiger partial charge in [0.05, 0.1) is 6.04 Å². The van der Waals surface area contributed by atoms with Crippen molar-refractivity contribution in [3.8, 4) is 0 Å². The van der Waals surface area contributed by atoms with Gasteiger partial charge in [-0.1, -0.05) is 26.0 Å². The van der Waals surface area contributed by atoms with Crippen molar-refractivity contribution in [3.63, 3.8) is 0 Å². The highest BCUT2D eigenvalue weighted by Crippen LogP contribution is 2.36. The van der Waals surface area contributed by atoms with Crippen molar-refractivity contribution in [3.05, 3.63) is 35.6 Å². The van der Waals surface area contributed by atoms with Crippen LogP contribution in [-0.2, 0) is 0 Å². The van der Waals surface area contributed by atoms with E-state index in [4.69, 9.17) is 5.73 Å². The monoisotopic (exact) mass is 264 g/mol. The van der Waals surface area contributed by atoms with Gasteiger partial charge >= 0.3 is 0 Å². The molecule has 1 saturated carbocycles. The Morgan fingerprint density at radius 1 is 1.26 bits per heavy atom. The fourth-order valence-electron chi connectivity index (χ4n) is 2.78. The van der Waals surface area contributed by atoms with Gasteiger partial charge in [-0.05, 0) is 49.9 Å². The summed E-state index contributed by atoms with van der Waals surface area (Å²) < 4.78 is 13.1. The molecule has 2 atom stereocenters. The van der Waals surface area contributed by atoms with Gasteiger partial charge < -0.3 is 5.73 Å². The van der Waals surface area contributed by atoms with Gasteiger partial charge in [0.25, 0.3) is 0 Å². The zero-order chi connectivity index (χ0) is 13.8. The predicted molar refractivity (Wildman–Crippen MR) is 77.4 cm³/mol. The standard InChI is InChI=1S/C16H25FN2/c1-3-11-19(14-9-10-14)16(15(18)4-2)12-5-7-13(17)8-6-12/h5-8,14-16H,3-4,9-11,18H2,1-2H3. The summed E-state index contributed by atoms with van der Waals surface area (Å²) in [6.07, 6.45) is 4.61. The van der Waals surface area contributed by atoms with Crippen LogP contribution in [0.3, 0.4) is 0 Å². The first-order valence-electron chi connectivity index (χ1n) is 7.44. The Bertz CT molecular complexity index is 386. The molecule has 1 aromatic carbocycles. The fourth-order valence-corrected chi connectivity index (χ4v) is 2.78. The molecule has 0 aliphatic heterocycles. The number of halogens is 1. The fraction of sp³-hybridized carbons (Fsp3) is 0.625. The van der Waals surface area contributed by atoms with E-state index in [1.54, 1.807) is 12.1 Å². The van der Waals surface area contributed by atoms with Crippen LogP contribution in [0, 0.1) is 5.82 Å². The van der Waals surface area contributed by atoms with Gasteiger partial charge in [0.15, 0.2) is 0 Å². The first-order chi connectivity index (χ1) is 9.17. The highest BCUT2D eigenvalue weighted by Gasteiger charge is 2.36. The third kappa shape index (κ3) is 3.54. The Hall–Kier alpha value is -0.930. The number of hydrogen-bond acceptors (Lipinski definition) is 2. The second-order valence-electron chi connectivity index (χ2n) is 5.54. The van der Waals surface area contributed by atoms with Crippen LogP contribution >= 0.6 is 0 Å². The summed E-state index contributed by atoms with van der Waals surface area (Å²) >= 11 is 0. The number of benzene rings is 1. The summed E-state index contributed by atoms with van der Waals surface area (Å²) in [5.41, 5.74) is 7.50. The summed E-state index contributed by atoms with van der Waals surface area (Å²) in [6.45, 7) is 5.40. The van der Waals surface area contributed by atoms with Crippen molar-refractivity contribution >= 4 is 0 Å². The van der Waals surface area contributed by atoms with Crippen LogP contribution in [0.4, 0.5) is 4.39 Å². The number of nitrogens with two attached hydrogens (primary N) is 1. The normalized spacial score (nSPS) is 18.6. The lowest BCUT2D eigenvalue weighted by Gasteiger charge is -2.35. The van der Waals surface area contributed by atoms with E-state index in [2.05, 4.69) is 18.7 Å². The Balaban J connectivity index is 2.25. The Labute approximate surface area is 115 Å². The molecule has 2 unspecified atom stereocenters. The SMILES string of the molecule is CCCN(C1CC1)C(c1ccc(F)cc1)C(N)CC. The maximum atomic E-state index is 13.1. The molecule has 2 rings (SSSR count). The first kappa shape index (κ1) is 14.5. The van der Waals surface area contributed by atoms with Crippen molar-refractivity contribution in [2.24, 2.45) is 5.73 Å². The average Bonchev–Trinajstić information content (AvgIpc) is 3.24. The first-order valence-corrected chi connectivity index (χ1v) is 7.44. The number of nitrogens with zero attached hydrogens (tertiary/aromatic N) is 1. The van der Waals surface area contributed by atoms with Crippen LogP contribution in [0.15, 0.2) is 24.3 Å². The molecule has 19 heavy (non-hydrogen) atoms. The molecule has 3 heteroatoms. The molecule has 0 spiro atoms. The molecule has 1 aliphatic carbocycles. The van der Waals surface area contributed by atoms with Crippen molar-refractivity contribution in [1.29, 1.82) is 0 Å². The van der Waals surface area contributed by atoms with Gasteiger partial charge in [0, 0.05) is 12.1 Å². The van der Waals surface area contributed by atoms with Crippen LogP contribution in [0.2, 0.25) is 0 Å². The third-order valence-corrected chi connectivity index (χ3v) is 3.94. The summed E-state index contributed by atoms with van der Waals surface area (Å²) in [5, 5.41) is 0. The third-order valence-electron chi connectivity index (χ3n) is 3.94. The Morgan fingerprint density at radius 2 is 1.89 bits per heavy atom. The topological polar surface area (TPSA) is 29.3 Å². The summed E-state index contributed by atoms with van der Waals surface area (Å²) in [4.78, 5) is 2.53. The molecule has 0 aromatic heterocycles. The van der Waals surface area contributed by atoms with Crippen LogP contribution < -0.4 is 5.73 Å². The summed E-state index contributed by atoms with van der Waals surface area (Å²) in [7, 11) is 0. The van der Waals surface area contributed by atoms with E-state index in [-0.39, 0.29) is 17.9 Å². The van der Waals surface area contributed by atoms with Crippen molar-refractivity contribution in [1.82, 2.24) is 4.90 Å². The van der Waals surface area contributed by atoms with E-state index in [0.717, 1.165) is 24.9 Å². The molecule has 1 aromatic rings. The Kier molecular flexibility index (Phi) is 4.94. The van der Waals surface area contributed by atoms with Gasteiger partial charge in [-0.3, -0.25) is 4.90 Å². The lowest BCUT2D eigenvalue weighted by Crippen LogP contribution is -2.42. The number of rotatable bonds is 7. The molecular formula is C16H25FN2. The van der Waals surface area contributed by atoms with Crippen LogP contribution in [0.5, 0.6) is 0 Å². The molecule has 106 valence electrons. The smallest absolute Gasteiger partial charge is 0.123 e. The minimum Gasteiger partial charge on any atom is -0.326 e. The quantitative estimate of drug-likeness (QED) is 0.817. The highest BCUT2D eigenvalue weighted by atomic mass is 19.1. The van der Waals surface area contributed by atoms with E-state index in [9.17, 15) is 4.39 Å². The Morgan fingerprint density at radius 3 is 2.37 bits per heavy atom. The van der Waals surface area contributed by atoms with E-state index in [1.807, 2.05) is 12.1 Å². The molecule has 0 amide bonds. The summed E-state index contributed by atoms with van der Waals surface area (Å²) in [5.74, 6) is -0.180. The second kappa shape index (κ2) is 6.49. The molecule has 2 N–H and O–H groups in total. The average molecular weight is 264 g/mol. The van der Waals surface area contributed by atoms with E-state index in [0.29, 0.717) is 6.04 Å². The lowest BCUT2D eigenvalue weighted by molar-refractivity contribution is 0.159. The predicted octanol–water partition coefficient (Wildman–Crippen LogP) is 3.48. The molecular weight excluding hydrogens is 239 g/mol. The van der Waals surface area contributed by atoms with Crippen LogP contribution in [0.25, 0.3) is 0 Å². The molecule has 2 nitrogen and oxygen atoms in total. The molecule has 0 bridgehead atoms. The van der Waals surface area contributed by atoms with Gasteiger partial charge in [0.2, 0.25) is 0 Å². The lowest BCUT2D eigenvalue weighted by atomic mass is 9.95. The largest absolute Gasteiger partial charge is 0.326 e. The van der Waals surface area contributed by atoms with E-state index in [1.165, 1.54) is 12.8 Å². The second-order valence-corrected chi connectivity index (χ2v) is 5.54. The number of hydrogen-bond donors (Lipinski definition) is 1. The molecule has 0 saturated heterocycles. The minimum absolute atomic E-state index is 0.109. The maximum absolute atomic E-state index is 13.1. The van der Waals surface area contributed by atoms with Crippen molar-refractivity contribution in [2.45, 2.75) is 57.7 Å². The zero-order valence-corrected chi connectivity index (χ0v) is 12.0. The van der Waals surface area contributed by atoms with Gasteiger partial charge in [-0.25, -0.2) is 4.39 Å². The minimum atomic E-state index is -0.180.